The van der Waals surface area contributed by atoms with Gasteiger partial charge in [0.15, 0.2) is 0 Å². The van der Waals surface area contributed by atoms with Crippen molar-refractivity contribution < 1.29 is 14.0 Å². The molecule has 5 nitrogen and oxygen atoms in total. The summed E-state index contributed by atoms with van der Waals surface area (Å²) in [5, 5.41) is 6.22. The lowest BCUT2D eigenvalue weighted by molar-refractivity contribution is -0.117. The minimum Gasteiger partial charge on any atom is -0.465 e. The summed E-state index contributed by atoms with van der Waals surface area (Å²) < 4.78 is 5.28. The Morgan fingerprint density at radius 2 is 1.87 bits per heavy atom. The lowest BCUT2D eigenvalue weighted by Crippen LogP contribution is -2.35. The van der Waals surface area contributed by atoms with Crippen molar-refractivity contribution in [3.63, 3.8) is 0 Å². The normalized spacial score (nSPS) is 11.2. The Kier molecular flexibility index (Phi) is 8.18. The van der Waals surface area contributed by atoms with Crippen molar-refractivity contribution in [3.05, 3.63) is 101 Å². The van der Waals surface area contributed by atoms with Crippen molar-refractivity contribution in [3.8, 4) is 0 Å². The van der Waals surface area contributed by atoms with Gasteiger partial charge in [-0.25, -0.2) is 0 Å². The fourth-order valence-corrected chi connectivity index (χ4v) is 3.63. The summed E-state index contributed by atoms with van der Waals surface area (Å²) in [6, 6.07) is 19.9. The Morgan fingerprint density at radius 1 is 1.03 bits per heavy atom. The second kappa shape index (κ2) is 11.3. The third-order valence-electron chi connectivity index (χ3n) is 4.05. The molecule has 2 aromatic carbocycles. The van der Waals surface area contributed by atoms with Gasteiger partial charge in [-0.05, 0) is 42.0 Å². The molecule has 7 heteroatoms. The highest BCUT2D eigenvalue weighted by atomic mass is 35.5. The molecule has 154 valence electrons. The van der Waals surface area contributed by atoms with Crippen LogP contribution in [0.25, 0.3) is 6.08 Å². The van der Waals surface area contributed by atoms with E-state index >= 15 is 0 Å². The fourth-order valence-electron chi connectivity index (χ4n) is 2.61. The molecule has 0 unspecified atom stereocenters. The molecule has 0 aliphatic rings. The first kappa shape index (κ1) is 21.7. The van der Waals surface area contributed by atoms with E-state index in [9.17, 15) is 9.59 Å². The fraction of sp³-hybridized carbons (Fsp3) is 0.130. The number of nitrogens with one attached hydrogen (secondary N) is 2. The van der Waals surface area contributed by atoms with Crippen molar-refractivity contribution in [2.24, 2.45) is 0 Å². The first-order valence-corrected chi connectivity index (χ1v) is 10.9. The summed E-state index contributed by atoms with van der Waals surface area (Å²) in [6.45, 7) is 0.459. The molecule has 1 heterocycles. The first-order valence-electron chi connectivity index (χ1n) is 9.34. The van der Waals surface area contributed by atoms with Crippen LogP contribution in [0, 0.1) is 0 Å². The summed E-state index contributed by atoms with van der Waals surface area (Å²) >= 11 is 7.68. The molecule has 2 amide bonds. The average molecular weight is 441 g/mol. The van der Waals surface area contributed by atoms with Gasteiger partial charge in [-0.3, -0.25) is 9.59 Å². The van der Waals surface area contributed by atoms with Gasteiger partial charge in [0.1, 0.15) is 11.5 Å². The van der Waals surface area contributed by atoms with Crippen LogP contribution in [-0.2, 0) is 10.5 Å². The SMILES string of the molecule is O=C(NCCSCc1cccc(Cl)c1)/C(=C/c1ccco1)NC(=O)c1ccccc1. The third-order valence-corrected chi connectivity index (χ3v) is 5.31. The molecule has 2 N–H and O–H groups in total. The van der Waals surface area contributed by atoms with Crippen LogP contribution in [0.2, 0.25) is 5.02 Å². The maximum Gasteiger partial charge on any atom is 0.267 e. The van der Waals surface area contributed by atoms with Crippen LogP contribution in [0.5, 0.6) is 0 Å². The Hall–Kier alpha value is -2.96. The first-order chi connectivity index (χ1) is 14.6. The standard InChI is InChI=1S/C23H21ClN2O3S/c24-19-9-4-6-17(14-19)16-30-13-11-25-23(28)21(15-20-10-5-12-29-20)26-22(27)18-7-2-1-3-8-18/h1-10,12,14-15H,11,13,16H2,(H,25,28)(H,26,27)/b21-15-. The van der Waals surface area contributed by atoms with E-state index in [1.54, 1.807) is 48.2 Å². The zero-order valence-corrected chi connectivity index (χ0v) is 17.7. The number of furan rings is 1. The van der Waals surface area contributed by atoms with E-state index in [4.69, 9.17) is 16.0 Å². The number of hydrogen-bond donors (Lipinski definition) is 2. The van der Waals surface area contributed by atoms with Gasteiger partial charge in [0.05, 0.1) is 6.26 Å². The van der Waals surface area contributed by atoms with Gasteiger partial charge in [0.2, 0.25) is 0 Å². The molecule has 1 aromatic heterocycles. The Balaban J connectivity index is 1.55. The maximum atomic E-state index is 12.7. The topological polar surface area (TPSA) is 71.3 Å². The van der Waals surface area contributed by atoms with Crippen LogP contribution >= 0.6 is 23.4 Å². The Bertz CT molecular complexity index is 1000. The zero-order valence-electron chi connectivity index (χ0n) is 16.1. The van der Waals surface area contributed by atoms with Gasteiger partial charge in [-0.1, -0.05) is 41.9 Å². The second-order valence-corrected chi connectivity index (χ2v) is 7.87. The smallest absolute Gasteiger partial charge is 0.267 e. The predicted octanol–water partition coefficient (Wildman–Crippen LogP) is 4.75. The molecule has 30 heavy (non-hydrogen) atoms. The summed E-state index contributed by atoms with van der Waals surface area (Å²) in [5.41, 5.74) is 1.72. The highest BCUT2D eigenvalue weighted by molar-refractivity contribution is 7.98. The highest BCUT2D eigenvalue weighted by Crippen LogP contribution is 2.16. The van der Waals surface area contributed by atoms with E-state index in [-0.39, 0.29) is 17.5 Å². The molecule has 0 spiro atoms. The summed E-state index contributed by atoms with van der Waals surface area (Å²) in [4.78, 5) is 25.1. The zero-order chi connectivity index (χ0) is 21.2. The van der Waals surface area contributed by atoms with Crippen molar-refractivity contribution in [1.29, 1.82) is 0 Å². The van der Waals surface area contributed by atoms with Crippen molar-refractivity contribution >= 4 is 41.3 Å². The lowest BCUT2D eigenvalue weighted by Gasteiger charge is -2.11. The number of carbonyl (C=O) groups is 2. The van der Waals surface area contributed by atoms with Gasteiger partial charge in [0.25, 0.3) is 11.8 Å². The number of benzene rings is 2. The Labute approximate surface area is 184 Å². The molecule has 3 rings (SSSR count). The molecule has 0 fully saturated rings. The van der Waals surface area contributed by atoms with Gasteiger partial charge < -0.3 is 15.1 Å². The van der Waals surface area contributed by atoms with E-state index < -0.39 is 0 Å². The second-order valence-electron chi connectivity index (χ2n) is 6.33. The van der Waals surface area contributed by atoms with Crippen molar-refractivity contribution in [2.45, 2.75) is 5.75 Å². The largest absolute Gasteiger partial charge is 0.465 e. The minimum atomic E-state index is -0.376. The van der Waals surface area contributed by atoms with Gasteiger partial charge in [-0.15, -0.1) is 0 Å². The monoisotopic (exact) mass is 440 g/mol. The number of amides is 2. The van der Waals surface area contributed by atoms with Crippen molar-refractivity contribution in [1.82, 2.24) is 10.6 Å². The average Bonchev–Trinajstić information content (AvgIpc) is 3.27. The number of thioether (sulfide) groups is 1. The number of rotatable bonds is 9. The van der Waals surface area contributed by atoms with Crippen LogP contribution in [-0.4, -0.2) is 24.1 Å². The molecule has 0 aliphatic heterocycles. The Morgan fingerprint density at radius 3 is 2.60 bits per heavy atom. The van der Waals surface area contributed by atoms with Crippen LogP contribution in [0.4, 0.5) is 0 Å². The molecule has 0 aliphatic carbocycles. The van der Waals surface area contributed by atoms with Crippen LogP contribution < -0.4 is 10.6 Å². The van der Waals surface area contributed by atoms with Gasteiger partial charge >= 0.3 is 0 Å². The van der Waals surface area contributed by atoms with E-state index in [0.29, 0.717) is 22.9 Å². The van der Waals surface area contributed by atoms with Crippen molar-refractivity contribution in [2.75, 3.05) is 12.3 Å². The van der Waals surface area contributed by atoms with E-state index in [2.05, 4.69) is 10.6 Å². The number of carbonyl (C=O) groups excluding carboxylic acids is 2. The lowest BCUT2D eigenvalue weighted by atomic mass is 10.2. The molecular formula is C23H21ClN2O3S. The molecule has 3 aromatic rings. The van der Waals surface area contributed by atoms with Crippen LogP contribution in [0.1, 0.15) is 21.7 Å². The van der Waals surface area contributed by atoms with Crippen LogP contribution in [0.15, 0.2) is 83.1 Å². The predicted molar refractivity (Wildman–Crippen MR) is 121 cm³/mol. The van der Waals surface area contributed by atoms with E-state index in [0.717, 1.165) is 17.1 Å². The quantitative estimate of drug-likeness (QED) is 0.372. The maximum absolute atomic E-state index is 12.7. The molecular weight excluding hydrogens is 420 g/mol. The highest BCUT2D eigenvalue weighted by Gasteiger charge is 2.15. The summed E-state index contributed by atoms with van der Waals surface area (Å²) in [7, 11) is 0. The minimum absolute atomic E-state index is 0.124. The van der Waals surface area contributed by atoms with Gasteiger partial charge in [0, 0.05) is 34.7 Å². The molecule has 0 radical (unpaired) electrons. The summed E-state index contributed by atoms with van der Waals surface area (Å²) in [5.74, 6) is 1.26. The van der Waals surface area contributed by atoms with Gasteiger partial charge in [-0.2, -0.15) is 11.8 Å². The molecule has 0 bridgehead atoms. The van der Waals surface area contributed by atoms with E-state index in [1.165, 1.54) is 12.3 Å². The number of hydrogen-bond acceptors (Lipinski definition) is 4. The molecule has 0 atom stereocenters. The van der Waals surface area contributed by atoms with E-state index in [1.807, 2.05) is 30.3 Å². The molecule has 0 saturated carbocycles. The molecule has 0 saturated heterocycles. The third kappa shape index (κ3) is 6.83. The summed E-state index contributed by atoms with van der Waals surface area (Å²) in [6.07, 6.45) is 3.02. The number of halogens is 1. The van der Waals surface area contributed by atoms with Crippen LogP contribution in [0.3, 0.4) is 0 Å².